The maximum absolute atomic E-state index is 12.0. The van der Waals surface area contributed by atoms with E-state index in [1.54, 1.807) is 44.2 Å². The maximum Gasteiger partial charge on any atom is 0.326 e. The van der Waals surface area contributed by atoms with E-state index in [1.165, 1.54) is 4.57 Å². The molecule has 2 N–H and O–H groups in total. The molecule has 3 rings (SSSR count). The number of hydrogen-bond acceptors (Lipinski definition) is 6. The smallest absolute Gasteiger partial charge is 0.326 e. The number of H-pyrrole nitrogens is 1. The minimum atomic E-state index is -0.643. The summed E-state index contributed by atoms with van der Waals surface area (Å²) in [5.74, 6) is -1.40. The first-order chi connectivity index (χ1) is 12.5. The van der Waals surface area contributed by atoms with E-state index < -0.39 is 11.9 Å². The summed E-state index contributed by atoms with van der Waals surface area (Å²) in [5, 5.41) is 25.0. The van der Waals surface area contributed by atoms with Gasteiger partial charge in [0.05, 0.1) is 12.1 Å². The molecule has 0 spiro atoms. The Morgan fingerprint density at radius 3 is 2.81 bits per heavy atom. The van der Waals surface area contributed by atoms with Gasteiger partial charge in [0.25, 0.3) is 0 Å². The molecule has 0 saturated carbocycles. The average Bonchev–Trinajstić information content (AvgIpc) is 3.16. The van der Waals surface area contributed by atoms with Crippen molar-refractivity contribution in [1.82, 2.24) is 14.8 Å². The third-order valence-electron chi connectivity index (χ3n) is 3.68. The lowest BCUT2D eigenvalue weighted by Gasteiger charge is -2.06. The number of aromatic hydroxyl groups is 1. The number of fused-ring (bicyclic) bond motifs is 1. The summed E-state index contributed by atoms with van der Waals surface area (Å²) in [4.78, 5) is 23.8. The Bertz CT molecular complexity index is 1000. The van der Waals surface area contributed by atoms with Crippen molar-refractivity contribution in [2.24, 2.45) is 10.2 Å². The summed E-state index contributed by atoms with van der Waals surface area (Å²) in [7, 11) is 0. The molecule has 9 nitrogen and oxygen atoms in total. The SMILES string of the molecule is CCOC(=O)Cn1c(O)c(N=NC(=O)c2cc(C)[nH]n2)c2ccccc21. The van der Waals surface area contributed by atoms with Crippen LogP contribution in [0.5, 0.6) is 5.88 Å². The van der Waals surface area contributed by atoms with Gasteiger partial charge in [0, 0.05) is 11.1 Å². The number of benzene rings is 1. The molecule has 0 aliphatic carbocycles. The summed E-state index contributed by atoms with van der Waals surface area (Å²) in [6.45, 7) is 3.52. The molecule has 3 aromatic rings. The lowest BCUT2D eigenvalue weighted by atomic mass is 10.2. The molecular formula is C17H17N5O4. The van der Waals surface area contributed by atoms with E-state index >= 15 is 0 Å². The molecule has 1 amide bonds. The first kappa shape index (κ1) is 17.3. The number of hydrogen-bond donors (Lipinski definition) is 2. The second-order valence-corrected chi connectivity index (χ2v) is 5.52. The number of aromatic nitrogens is 3. The predicted octanol–water partition coefficient (Wildman–Crippen LogP) is 2.87. The number of amides is 1. The van der Waals surface area contributed by atoms with Gasteiger partial charge in [-0.2, -0.15) is 5.10 Å². The van der Waals surface area contributed by atoms with Gasteiger partial charge in [-0.25, -0.2) is 0 Å². The molecule has 0 atom stereocenters. The summed E-state index contributed by atoms with van der Waals surface area (Å²) >= 11 is 0. The van der Waals surface area contributed by atoms with E-state index in [9.17, 15) is 14.7 Å². The standard InChI is InChI=1S/C17H17N5O4/c1-3-26-14(23)9-22-13-7-5-4-6-11(13)15(17(22)25)20-21-16(24)12-8-10(2)18-19-12/h4-8,25H,3,9H2,1-2H3,(H,18,19). The molecule has 0 aliphatic heterocycles. The summed E-state index contributed by atoms with van der Waals surface area (Å²) < 4.78 is 6.29. The van der Waals surface area contributed by atoms with Crippen molar-refractivity contribution in [3.8, 4) is 5.88 Å². The number of rotatable bonds is 5. The van der Waals surface area contributed by atoms with Crippen LogP contribution in [0, 0.1) is 6.92 Å². The minimum Gasteiger partial charge on any atom is -0.493 e. The first-order valence-corrected chi connectivity index (χ1v) is 7.95. The molecule has 0 fully saturated rings. The maximum atomic E-state index is 12.0. The number of esters is 1. The van der Waals surface area contributed by atoms with Crippen LogP contribution < -0.4 is 0 Å². The number of nitrogens with zero attached hydrogens (tertiary/aromatic N) is 4. The van der Waals surface area contributed by atoms with Crippen LogP contribution in [0.2, 0.25) is 0 Å². The summed E-state index contributed by atoms with van der Waals surface area (Å²) in [6.07, 6.45) is 0. The highest BCUT2D eigenvalue weighted by Crippen LogP contribution is 2.38. The minimum absolute atomic E-state index is 0.102. The highest BCUT2D eigenvalue weighted by Gasteiger charge is 2.19. The zero-order chi connectivity index (χ0) is 18.7. The van der Waals surface area contributed by atoms with Gasteiger partial charge in [-0.15, -0.1) is 10.2 Å². The molecule has 26 heavy (non-hydrogen) atoms. The number of carbonyl (C=O) groups is 2. The molecule has 1 aromatic carbocycles. The molecule has 0 aliphatic rings. The molecule has 0 bridgehead atoms. The fraction of sp³-hybridized carbons (Fsp3) is 0.235. The Morgan fingerprint density at radius 1 is 1.35 bits per heavy atom. The monoisotopic (exact) mass is 355 g/mol. The Labute approximate surface area is 148 Å². The molecule has 2 heterocycles. The molecule has 9 heteroatoms. The van der Waals surface area contributed by atoms with Crippen LogP contribution >= 0.6 is 0 Å². The van der Waals surface area contributed by atoms with Gasteiger partial charge in [-0.3, -0.25) is 19.3 Å². The highest BCUT2D eigenvalue weighted by molar-refractivity contribution is 5.97. The van der Waals surface area contributed by atoms with Gasteiger partial charge in [0.2, 0.25) is 5.88 Å². The Hall–Kier alpha value is -3.49. The predicted molar refractivity (Wildman–Crippen MR) is 92.4 cm³/mol. The van der Waals surface area contributed by atoms with E-state index in [4.69, 9.17) is 4.74 Å². The third-order valence-corrected chi connectivity index (χ3v) is 3.68. The lowest BCUT2D eigenvalue weighted by molar-refractivity contribution is -0.143. The van der Waals surface area contributed by atoms with Gasteiger partial charge in [0.1, 0.15) is 6.54 Å². The fourth-order valence-electron chi connectivity index (χ4n) is 2.54. The lowest BCUT2D eigenvalue weighted by Crippen LogP contribution is -2.12. The van der Waals surface area contributed by atoms with Gasteiger partial charge in [-0.05, 0) is 26.0 Å². The quantitative estimate of drug-likeness (QED) is 0.538. The molecular weight excluding hydrogens is 338 g/mol. The fourth-order valence-corrected chi connectivity index (χ4v) is 2.54. The zero-order valence-electron chi connectivity index (χ0n) is 14.3. The van der Waals surface area contributed by atoms with Crippen LogP contribution in [0.4, 0.5) is 5.69 Å². The summed E-state index contributed by atoms with van der Waals surface area (Å²) in [5.41, 5.74) is 1.53. The second-order valence-electron chi connectivity index (χ2n) is 5.52. The molecule has 0 radical (unpaired) electrons. The van der Waals surface area contributed by atoms with Crippen molar-refractivity contribution in [1.29, 1.82) is 0 Å². The molecule has 2 aromatic heterocycles. The Morgan fingerprint density at radius 2 is 2.12 bits per heavy atom. The first-order valence-electron chi connectivity index (χ1n) is 7.95. The van der Waals surface area contributed by atoms with Crippen molar-refractivity contribution >= 4 is 28.5 Å². The number of azo groups is 1. The van der Waals surface area contributed by atoms with Crippen molar-refractivity contribution in [2.45, 2.75) is 20.4 Å². The average molecular weight is 355 g/mol. The number of aryl methyl sites for hydroxylation is 1. The molecule has 0 unspecified atom stereocenters. The largest absolute Gasteiger partial charge is 0.493 e. The second kappa shape index (κ2) is 7.18. The number of nitrogens with one attached hydrogen (secondary N) is 1. The molecule has 0 saturated heterocycles. The Kier molecular flexibility index (Phi) is 4.78. The van der Waals surface area contributed by atoms with E-state index in [1.807, 2.05) is 0 Å². The van der Waals surface area contributed by atoms with E-state index in [0.717, 1.165) is 5.69 Å². The topological polar surface area (TPSA) is 122 Å². The number of aromatic amines is 1. The number of para-hydroxylation sites is 1. The van der Waals surface area contributed by atoms with Crippen molar-refractivity contribution < 1.29 is 19.4 Å². The third kappa shape index (κ3) is 3.32. The van der Waals surface area contributed by atoms with Gasteiger partial charge < -0.3 is 9.84 Å². The van der Waals surface area contributed by atoms with Crippen LogP contribution in [-0.2, 0) is 16.1 Å². The number of carbonyl (C=O) groups excluding carboxylic acids is 2. The van der Waals surface area contributed by atoms with E-state index in [0.29, 0.717) is 10.9 Å². The van der Waals surface area contributed by atoms with Gasteiger partial charge >= 0.3 is 11.9 Å². The van der Waals surface area contributed by atoms with Gasteiger partial charge in [0.15, 0.2) is 11.4 Å². The van der Waals surface area contributed by atoms with Crippen LogP contribution in [0.1, 0.15) is 23.1 Å². The highest BCUT2D eigenvalue weighted by atomic mass is 16.5. The van der Waals surface area contributed by atoms with Crippen LogP contribution in [0.25, 0.3) is 10.9 Å². The summed E-state index contributed by atoms with van der Waals surface area (Å²) in [6, 6.07) is 8.52. The van der Waals surface area contributed by atoms with Crippen molar-refractivity contribution in [3.05, 3.63) is 41.7 Å². The van der Waals surface area contributed by atoms with E-state index in [-0.39, 0.29) is 30.4 Å². The van der Waals surface area contributed by atoms with Crippen LogP contribution in [0.15, 0.2) is 40.6 Å². The van der Waals surface area contributed by atoms with Crippen LogP contribution in [0.3, 0.4) is 0 Å². The molecule has 134 valence electrons. The number of ether oxygens (including phenoxy) is 1. The van der Waals surface area contributed by atoms with Crippen molar-refractivity contribution in [2.75, 3.05) is 6.61 Å². The van der Waals surface area contributed by atoms with Crippen LogP contribution in [-0.4, -0.2) is 38.4 Å². The normalized spacial score (nSPS) is 11.3. The van der Waals surface area contributed by atoms with Crippen molar-refractivity contribution in [3.63, 3.8) is 0 Å². The zero-order valence-corrected chi connectivity index (χ0v) is 14.3. The Balaban J connectivity index is 1.98. The van der Waals surface area contributed by atoms with Gasteiger partial charge in [-0.1, -0.05) is 18.2 Å². The van der Waals surface area contributed by atoms with E-state index in [2.05, 4.69) is 20.4 Å².